The van der Waals surface area contributed by atoms with Crippen molar-refractivity contribution in [2.75, 3.05) is 6.61 Å². The highest BCUT2D eigenvalue weighted by molar-refractivity contribution is 6.36. The maximum Gasteiger partial charge on any atom is 0.339 e. The number of hydrogen-bond acceptors (Lipinski definition) is 3. The van der Waals surface area contributed by atoms with E-state index in [9.17, 15) is 9.59 Å². The molecule has 1 aromatic carbocycles. The summed E-state index contributed by atoms with van der Waals surface area (Å²) in [5.41, 5.74) is -0.166. The third-order valence-electron chi connectivity index (χ3n) is 3.31. The molecule has 1 aromatic rings. The molecule has 0 atom stereocenters. The molecule has 2 rings (SSSR count). The van der Waals surface area contributed by atoms with E-state index in [4.69, 9.17) is 33.0 Å². The van der Waals surface area contributed by atoms with E-state index in [2.05, 4.69) is 5.32 Å². The molecule has 0 aliphatic heterocycles. The number of carbonyl (C=O) groups is 2. The lowest BCUT2D eigenvalue weighted by Crippen LogP contribution is -2.36. The van der Waals surface area contributed by atoms with Crippen molar-refractivity contribution < 1.29 is 19.4 Å². The van der Waals surface area contributed by atoms with Crippen molar-refractivity contribution in [2.24, 2.45) is 0 Å². The minimum Gasteiger partial charge on any atom is -0.481 e. The first-order valence-electron chi connectivity index (χ1n) is 6.62. The smallest absolute Gasteiger partial charge is 0.339 e. The fraction of sp³-hybridized carbons (Fsp3) is 0.429. The standard InChI is InChI=1S/C14H15Cl2NO4/c15-8-5-10(14(19)20)13(11(16)6-8)21-7-12(18)17-9-3-1-2-4-9/h5-6,9H,1-4,7H2,(H,17,18)(H,19,20). The van der Waals surface area contributed by atoms with Crippen molar-refractivity contribution >= 4 is 35.1 Å². The van der Waals surface area contributed by atoms with Gasteiger partial charge in [-0.1, -0.05) is 36.0 Å². The highest BCUT2D eigenvalue weighted by atomic mass is 35.5. The molecular weight excluding hydrogens is 317 g/mol. The predicted octanol–water partition coefficient (Wildman–Crippen LogP) is 3.13. The molecule has 0 bridgehead atoms. The Labute approximate surface area is 132 Å². The summed E-state index contributed by atoms with van der Waals surface area (Å²) in [6.45, 7) is -0.280. The summed E-state index contributed by atoms with van der Waals surface area (Å²) in [6.07, 6.45) is 4.15. The van der Waals surface area contributed by atoms with E-state index in [0.717, 1.165) is 25.7 Å². The van der Waals surface area contributed by atoms with Gasteiger partial charge in [-0.2, -0.15) is 0 Å². The molecule has 1 saturated carbocycles. The summed E-state index contributed by atoms with van der Waals surface area (Å²) >= 11 is 11.7. The summed E-state index contributed by atoms with van der Waals surface area (Å²) in [5, 5.41) is 12.2. The normalized spacial score (nSPS) is 15.0. The van der Waals surface area contributed by atoms with Crippen LogP contribution in [0.4, 0.5) is 0 Å². The molecule has 0 saturated heterocycles. The van der Waals surface area contributed by atoms with Gasteiger partial charge in [0.05, 0.1) is 5.02 Å². The van der Waals surface area contributed by atoms with Crippen LogP contribution in [0.25, 0.3) is 0 Å². The van der Waals surface area contributed by atoms with Crippen molar-refractivity contribution in [3.05, 3.63) is 27.7 Å². The SMILES string of the molecule is O=C(COc1c(Cl)cc(Cl)cc1C(=O)O)NC1CCCC1. The number of ether oxygens (including phenoxy) is 1. The quantitative estimate of drug-likeness (QED) is 0.869. The lowest BCUT2D eigenvalue weighted by Gasteiger charge is -2.14. The third-order valence-corrected chi connectivity index (χ3v) is 3.81. The molecular formula is C14H15Cl2NO4. The Hall–Kier alpha value is -1.46. The van der Waals surface area contributed by atoms with Gasteiger partial charge in [0.15, 0.2) is 12.4 Å². The van der Waals surface area contributed by atoms with Crippen LogP contribution < -0.4 is 10.1 Å². The molecule has 0 radical (unpaired) electrons. The Morgan fingerprint density at radius 1 is 1.29 bits per heavy atom. The van der Waals surface area contributed by atoms with Gasteiger partial charge < -0.3 is 15.2 Å². The molecule has 0 aromatic heterocycles. The van der Waals surface area contributed by atoms with Gasteiger partial charge in [-0.15, -0.1) is 0 Å². The number of benzene rings is 1. The molecule has 7 heteroatoms. The fourth-order valence-corrected chi connectivity index (χ4v) is 2.89. The second kappa shape index (κ2) is 7.00. The Morgan fingerprint density at radius 3 is 2.57 bits per heavy atom. The van der Waals surface area contributed by atoms with Gasteiger partial charge in [0.1, 0.15) is 5.56 Å². The molecule has 1 aliphatic carbocycles. The first-order chi connectivity index (χ1) is 9.97. The number of carboxylic acids is 1. The van der Waals surface area contributed by atoms with Gasteiger partial charge in [-0.05, 0) is 25.0 Å². The predicted molar refractivity (Wildman–Crippen MR) is 79.3 cm³/mol. The van der Waals surface area contributed by atoms with Crippen molar-refractivity contribution in [3.63, 3.8) is 0 Å². The molecule has 0 heterocycles. The van der Waals surface area contributed by atoms with Gasteiger partial charge in [0, 0.05) is 11.1 Å². The Balaban J connectivity index is 2.02. The van der Waals surface area contributed by atoms with E-state index >= 15 is 0 Å². The van der Waals surface area contributed by atoms with Crippen molar-refractivity contribution in [1.82, 2.24) is 5.32 Å². The summed E-state index contributed by atoms with van der Waals surface area (Å²) < 4.78 is 5.27. The van der Waals surface area contributed by atoms with Crippen LogP contribution in [0.2, 0.25) is 10.0 Å². The highest BCUT2D eigenvalue weighted by Crippen LogP contribution is 2.32. The lowest BCUT2D eigenvalue weighted by molar-refractivity contribution is -0.123. The highest BCUT2D eigenvalue weighted by Gasteiger charge is 2.20. The average molecular weight is 332 g/mol. The van der Waals surface area contributed by atoms with E-state index in [1.165, 1.54) is 12.1 Å². The van der Waals surface area contributed by atoms with Gasteiger partial charge in [0.2, 0.25) is 0 Å². The number of carboxylic acid groups (broad SMARTS) is 1. The molecule has 21 heavy (non-hydrogen) atoms. The summed E-state index contributed by atoms with van der Waals surface area (Å²) in [7, 11) is 0. The zero-order chi connectivity index (χ0) is 15.4. The van der Waals surface area contributed by atoms with Crippen LogP contribution in [-0.2, 0) is 4.79 Å². The zero-order valence-electron chi connectivity index (χ0n) is 11.2. The summed E-state index contributed by atoms with van der Waals surface area (Å²) in [4.78, 5) is 22.9. The van der Waals surface area contributed by atoms with E-state index in [-0.39, 0.29) is 39.9 Å². The first-order valence-corrected chi connectivity index (χ1v) is 7.37. The Morgan fingerprint density at radius 2 is 1.95 bits per heavy atom. The monoisotopic (exact) mass is 331 g/mol. The van der Waals surface area contributed by atoms with E-state index in [0.29, 0.717) is 0 Å². The van der Waals surface area contributed by atoms with Crippen LogP contribution in [0.5, 0.6) is 5.75 Å². The Bertz CT molecular complexity index is 556. The number of halogens is 2. The minimum atomic E-state index is -1.22. The second-order valence-electron chi connectivity index (χ2n) is 4.91. The molecule has 2 N–H and O–H groups in total. The number of amides is 1. The molecule has 0 spiro atoms. The van der Waals surface area contributed by atoms with Crippen molar-refractivity contribution in [3.8, 4) is 5.75 Å². The molecule has 1 fully saturated rings. The zero-order valence-corrected chi connectivity index (χ0v) is 12.7. The van der Waals surface area contributed by atoms with Gasteiger partial charge in [-0.3, -0.25) is 4.79 Å². The van der Waals surface area contributed by atoms with Gasteiger partial charge >= 0.3 is 5.97 Å². The number of rotatable bonds is 5. The summed E-state index contributed by atoms with van der Waals surface area (Å²) in [5.74, 6) is -1.55. The third kappa shape index (κ3) is 4.25. The lowest BCUT2D eigenvalue weighted by atomic mass is 10.2. The van der Waals surface area contributed by atoms with Crippen molar-refractivity contribution in [2.45, 2.75) is 31.7 Å². The fourth-order valence-electron chi connectivity index (χ4n) is 2.34. The van der Waals surface area contributed by atoms with Crippen LogP contribution in [-0.4, -0.2) is 29.6 Å². The number of aromatic carboxylic acids is 1. The number of hydrogen-bond donors (Lipinski definition) is 2. The molecule has 1 aliphatic rings. The topological polar surface area (TPSA) is 75.6 Å². The largest absolute Gasteiger partial charge is 0.481 e. The first kappa shape index (κ1) is 15.9. The number of carbonyl (C=O) groups excluding carboxylic acids is 1. The van der Waals surface area contributed by atoms with Crippen LogP contribution in [0, 0.1) is 0 Å². The van der Waals surface area contributed by atoms with E-state index < -0.39 is 5.97 Å². The van der Waals surface area contributed by atoms with E-state index in [1.54, 1.807) is 0 Å². The second-order valence-corrected chi connectivity index (χ2v) is 5.75. The van der Waals surface area contributed by atoms with Crippen LogP contribution >= 0.6 is 23.2 Å². The van der Waals surface area contributed by atoms with Crippen molar-refractivity contribution in [1.29, 1.82) is 0 Å². The molecule has 0 unspecified atom stereocenters. The Kier molecular flexibility index (Phi) is 5.31. The van der Waals surface area contributed by atoms with Gasteiger partial charge in [-0.25, -0.2) is 4.79 Å². The van der Waals surface area contributed by atoms with Gasteiger partial charge in [0.25, 0.3) is 5.91 Å². The molecule has 5 nitrogen and oxygen atoms in total. The minimum absolute atomic E-state index is 0.0462. The van der Waals surface area contributed by atoms with E-state index in [1.807, 2.05) is 0 Å². The maximum absolute atomic E-state index is 11.8. The van der Waals surface area contributed by atoms with Crippen LogP contribution in [0.1, 0.15) is 36.0 Å². The van der Waals surface area contributed by atoms with Crippen LogP contribution in [0.3, 0.4) is 0 Å². The summed E-state index contributed by atoms with van der Waals surface area (Å²) in [6, 6.07) is 2.79. The average Bonchev–Trinajstić information content (AvgIpc) is 2.89. The number of nitrogens with one attached hydrogen (secondary N) is 1. The molecule has 1 amide bonds. The molecule has 114 valence electrons. The maximum atomic E-state index is 11.8. The van der Waals surface area contributed by atoms with Crippen LogP contribution in [0.15, 0.2) is 12.1 Å².